The van der Waals surface area contributed by atoms with Crippen LogP contribution in [-0.4, -0.2) is 54.9 Å². The molecule has 2 atom stereocenters. The van der Waals surface area contributed by atoms with Crippen LogP contribution in [0.25, 0.3) is 0 Å². The van der Waals surface area contributed by atoms with Crippen molar-refractivity contribution in [3.63, 3.8) is 0 Å². The first-order valence-corrected chi connectivity index (χ1v) is 7.93. The van der Waals surface area contributed by atoms with E-state index >= 15 is 0 Å². The second-order valence-corrected chi connectivity index (χ2v) is 6.10. The lowest BCUT2D eigenvalue weighted by Crippen LogP contribution is -2.55. The Morgan fingerprint density at radius 2 is 2.16 bits per heavy atom. The Hall–Kier alpha value is -2.45. The molecule has 8 heteroatoms. The topological polar surface area (TPSA) is 114 Å². The van der Waals surface area contributed by atoms with Crippen molar-refractivity contribution in [2.75, 3.05) is 25.6 Å². The van der Waals surface area contributed by atoms with Gasteiger partial charge in [-0.15, -0.1) is 0 Å². The van der Waals surface area contributed by atoms with Gasteiger partial charge in [-0.2, -0.15) is 0 Å². The first kappa shape index (κ1) is 18.9. The highest BCUT2D eigenvalue weighted by atomic mass is 16.5. The molecule has 0 saturated carbocycles. The number of carboxylic acid groups (broad SMARTS) is 1. The van der Waals surface area contributed by atoms with Gasteiger partial charge in [-0.1, -0.05) is 6.07 Å². The van der Waals surface area contributed by atoms with Crippen molar-refractivity contribution in [2.24, 2.45) is 0 Å². The van der Waals surface area contributed by atoms with Crippen LogP contribution in [0.2, 0.25) is 0 Å². The summed E-state index contributed by atoms with van der Waals surface area (Å²) in [4.78, 5) is 35.8. The summed E-state index contributed by atoms with van der Waals surface area (Å²) in [5.41, 5.74) is -0.881. The van der Waals surface area contributed by atoms with E-state index in [0.29, 0.717) is 18.7 Å². The molecule has 2 unspecified atom stereocenters. The highest BCUT2D eigenvalue weighted by Crippen LogP contribution is 2.17. The number of benzene rings is 1. The average molecular weight is 350 g/mol. The van der Waals surface area contributed by atoms with Crippen molar-refractivity contribution in [3.8, 4) is 0 Å². The zero-order chi connectivity index (χ0) is 18.4. The van der Waals surface area contributed by atoms with E-state index in [1.165, 1.54) is 26.2 Å². The van der Waals surface area contributed by atoms with Crippen molar-refractivity contribution in [3.05, 3.63) is 29.8 Å². The van der Waals surface area contributed by atoms with Crippen LogP contribution < -0.4 is 10.6 Å². The van der Waals surface area contributed by atoms with Gasteiger partial charge in [0.05, 0.1) is 6.61 Å². The summed E-state index contributed by atoms with van der Waals surface area (Å²) in [6.45, 7) is 1.75. The van der Waals surface area contributed by atoms with Gasteiger partial charge in [-0.05, 0) is 38.0 Å². The van der Waals surface area contributed by atoms with E-state index in [-0.39, 0.29) is 18.1 Å². The van der Waals surface area contributed by atoms with Gasteiger partial charge in [-0.3, -0.25) is 9.59 Å². The van der Waals surface area contributed by atoms with Crippen molar-refractivity contribution >= 4 is 23.5 Å². The molecule has 0 radical (unpaired) electrons. The molecule has 2 rings (SSSR count). The molecule has 1 aromatic carbocycles. The normalized spacial score (nSPS) is 19.0. The van der Waals surface area contributed by atoms with E-state index in [9.17, 15) is 19.5 Å². The minimum atomic E-state index is -1.55. The summed E-state index contributed by atoms with van der Waals surface area (Å²) in [6.07, 6.45) is 1.03. The fourth-order valence-corrected chi connectivity index (χ4v) is 2.51. The predicted molar refractivity (Wildman–Crippen MR) is 89.4 cm³/mol. The third-order valence-electron chi connectivity index (χ3n) is 3.91. The average Bonchev–Trinajstić information content (AvgIpc) is 3.09. The Morgan fingerprint density at radius 1 is 1.40 bits per heavy atom. The van der Waals surface area contributed by atoms with Gasteiger partial charge >= 0.3 is 5.97 Å². The van der Waals surface area contributed by atoms with Gasteiger partial charge in [0.15, 0.2) is 5.54 Å². The van der Waals surface area contributed by atoms with Gasteiger partial charge in [0.1, 0.15) is 6.10 Å². The number of hydrogen-bond donors (Lipinski definition) is 3. The molecular weight excluding hydrogens is 328 g/mol. The molecule has 1 aliphatic heterocycles. The van der Waals surface area contributed by atoms with Crippen molar-refractivity contribution in [1.82, 2.24) is 5.32 Å². The maximum atomic E-state index is 12.4. The van der Waals surface area contributed by atoms with Crippen molar-refractivity contribution in [2.45, 2.75) is 31.4 Å². The number of carbonyl (C=O) groups is 3. The molecule has 1 aromatic rings. The fourth-order valence-electron chi connectivity index (χ4n) is 2.51. The summed E-state index contributed by atoms with van der Waals surface area (Å²) in [5.74, 6) is -2.04. The van der Waals surface area contributed by atoms with Gasteiger partial charge in [-0.25, -0.2) is 4.79 Å². The Balaban J connectivity index is 2.07. The summed E-state index contributed by atoms with van der Waals surface area (Å²) in [6, 6.07) is 6.27. The van der Waals surface area contributed by atoms with Crippen LogP contribution in [0.5, 0.6) is 0 Å². The largest absolute Gasteiger partial charge is 0.479 e. The molecule has 136 valence electrons. The molecule has 1 aliphatic rings. The number of aliphatic carboxylic acids is 1. The maximum Gasteiger partial charge on any atom is 0.331 e. The Labute approximate surface area is 145 Å². The van der Waals surface area contributed by atoms with Gasteiger partial charge < -0.3 is 25.2 Å². The lowest BCUT2D eigenvalue weighted by Gasteiger charge is -2.25. The van der Waals surface area contributed by atoms with Crippen molar-refractivity contribution in [1.29, 1.82) is 0 Å². The highest BCUT2D eigenvalue weighted by molar-refractivity contribution is 6.00. The molecule has 0 spiro atoms. The standard InChI is InChI=1S/C17H22N2O6/c1-17(10-24-2,16(22)23)19-14(20)11-5-3-6-12(9-11)18-15(21)13-7-4-8-25-13/h3,5-6,9,13H,4,7-8,10H2,1-2H3,(H,18,21)(H,19,20)(H,22,23). The molecule has 0 aromatic heterocycles. The minimum Gasteiger partial charge on any atom is -0.479 e. The van der Waals surface area contributed by atoms with Crippen LogP contribution in [0.1, 0.15) is 30.1 Å². The first-order valence-electron chi connectivity index (χ1n) is 7.93. The minimum absolute atomic E-state index is 0.177. The molecule has 1 saturated heterocycles. The number of ether oxygens (including phenoxy) is 2. The van der Waals surface area contributed by atoms with Crippen molar-refractivity contribution < 1.29 is 29.0 Å². The molecule has 1 fully saturated rings. The summed E-state index contributed by atoms with van der Waals surface area (Å²) < 4.78 is 10.2. The van der Waals surface area contributed by atoms with E-state index in [1.807, 2.05) is 0 Å². The van der Waals surface area contributed by atoms with Crippen LogP contribution in [0.3, 0.4) is 0 Å². The highest BCUT2D eigenvalue weighted by Gasteiger charge is 2.35. The zero-order valence-corrected chi connectivity index (χ0v) is 14.2. The Bertz CT molecular complexity index is 656. The quantitative estimate of drug-likeness (QED) is 0.677. The molecule has 25 heavy (non-hydrogen) atoms. The van der Waals surface area contributed by atoms with Gasteiger partial charge in [0.2, 0.25) is 0 Å². The number of hydrogen-bond acceptors (Lipinski definition) is 5. The number of carboxylic acids is 1. The number of nitrogens with one attached hydrogen (secondary N) is 2. The number of anilines is 1. The molecule has 0 aliphatic carbocycles. The zero-order valence-electron chi connectivity index (χ0n) is 14.2. The Morgan fingerprint density at radius 3 is 2.76 bits per heavy atom. The van der Waals surface area contributed by atoms with E-state index in [1.54, 1.807) is 12.1 Å². The van der Waals surface area contributed by atoms with E-state index < -0.39 is 23.5 Å². The van der Waals surface area contributed by atoms with Crippen LogP contribution in [0.4, 0.5) is 5.69 Å². The second kappa shape index (κ2) is 8.09. The molecule has 1 heterocycles. The molecule has 8 nitrogen and oxygen atoms in total. The lowest BCUT2D eigenvalue weighted by molar-refractivity contribution is -0.145. The Kier molecular flexibility index (Phi) is 6.11. The number of methoxy groups -OCH3 is 1. The first-order chi connectivity index (χ1) is 11.9. The third-order valence-corrected chi connectivity index (χ3v) is 3.91. The molecular formula is C17H22N2O6. The molecule has 3 N–H and O–H groups in total. The number of rotatable bonds is 7. The maximum absolute atomic E-state index is 12.4. The summed E-state index contributed by atoms with van der Waals surface area (Å²) in [7, 11) is 1.36. The fraction of sp³-hybridized carbons (Fsp3) is 0.471. The van der Waals surface area contributed by atoms with E-state index in [4.69, 9.17) is 9.47 Å². The molecule has 2 amide bonds. The summed E-state index contributed by atoms with van der Waals surface area (Å²) >= 11 is 0. The van der Waals surface area contributed by atoms with Crippen LogP contribution >= 0.6 is 0 Å². The van der Waals surface area contributed by atoms with Crippen LogP contribution in [0, 0.1) is 0 Å². The van der Waals surface area contributed by atoms with E-state index in [0.717, 1.165) is 6.42 Å². The van der Waals surface area contributed by atoms with E-state index in [2.05, 4.69) is 10.6 Å². The van der Waals surface area contributed by atoms with Gasteiger partial charge in [0, 0.05) is 25.0 Å². The SMILES string of the molecule is COCC(C)(NC(=O)c1cccc(NC(=O)C2CCCO2)c1)C(=O)O. The smallest absolute Gasteiger partial charge is 0.331 e. The number of amides is 2. The van der Waals surface area contributed by atoms with Crippen LogP contribution in [0.15, 0.2) is 24.3 Å². The predicted octanol–water partition coefficient (Wildman–Crippen LogP) is 1.02. The number of carbonyl (C=O) groups excluding carboxylic acids is 2. The van der Waals surface area contributed by atoms with Crippen LogP contribution in [-0.2, 0) is 19.1 Å². The molecule has 0 bridgehead atoms. The lowest BCUT2D eigenvalue weighted by atomic mass is 10.0. The summed E-state index contributed by atoms with van der Waals surface area (Å²) in [5, 5.41) is 14.4. The third kappa shape index (κ3) is 4.77. The van der Waals surface area contributed by atoms with Gasteiger partial charge in [0.25, 0.3) is 11.8 Å². The second-order valence-electron chi connectivity index (χ2n) is 6.10. The monoisotopic (exact) mass is 350 g/mol.